The van der Waals surface area contributed by atoms with Crippen LogP contribution in [0.25, 0.3) is 22.7 Å². The maximum absolute atomic E-state index is 13.5. The standard InChI is InChI=1S/C25H24FN5O/c1-15-3-2-12-31-23(22(30-25(15)31)20-9-8-19(26)14-29-20)18-10-11-28-21(13-18)16-4-6-17(7-5-16)24(27)32/h4-11,13-15,25,30H,2-3,12H2,1H3,(H2,27,32)/t15-,25?/m0/s1. The number of benzene rings is 1. The first-order valence-electron chi connectivity index (χ1n) is 10.8. The van der Waals surface area contributed by atoms with Gasteiger partial charge in [-0.15, -0.1) is 0 Å². The van der Waals surface area contributed by atoms with Crippen molar-refractivity contribution in [2.24, 2.45) is 11.7 Å². The van der Waals surface area contributed by atoms with Gasteiger partial charge in [0.05, 0.1) is 29.0 Å². The number of aromatic nitrogens is 2. The number of hydrogen-bond acceptors (Lipinski definition) is 5. The summed E-state index contributed by atoms with van der Waals surface area (Å²) >= 11 is 0. The van der Waals surface area contributed by atoms with Crippen molar-refractivity contribution in [1.82, 2.24) is 20.2 Å². The van der Waals surface area contributed by atoms with Gasteiger partial charge in [-0.25, -0.2) is 4.39 Å². The summed E-state index contributed by atoms with van der Waals surface area (Å²) in [6.07, 6.45) is 5.47. The van der Waals surface area contributed by atoms with Crippen molar-refractivity contribution in [3.63, 3.8) is 0 Å². The van der Waals surface area contributed by atoms with Gasteiger partial charge < -0.3 is 16.0 Å². The molecule has 0 spiro atoms. The molecule has 3 aromatic rings. The Balaban J connectivity index is 1.59. The fourth-order valence-electron chi connectivity index (χ4n) is 4.59. The minimum atomic E-state index is -0.456. The Morgan fingerprint density at radius 1 is 1.09 bits per heavy atom. The number of fused-ring (bicyclic) bond motifs is 1. The highest BCUT2D eigenvalue weighted by molar-refractivity contribution is 5.93. The van der Waals surface area contributed by atoms with Crippen molar-refractivity contribution in [1.29, 1.82) is 0 Å². The molecule has 7 heteroatoms. The first kappa shape index (κ1) is 20.2. The zero-order valence-electron chi connectivity index (χ0n) is 17.8. The first-order chi connectivity index (χ1) is 15.5. The average molecular weight is 429 g/mol. The number of amides is 1. The molecule has 1 amide bonds. The van der Waals surface area contributed by atoms with Gasteiger partial charge in [-0.2, -0.15) is 0 Å². The number of nitrogens with two attached hydrogens (primary N) is 1. The summed E-state index contributed by atoms with van der Waals surface area (Å²) in [7, 11) is 0. The Morgan fingerprint density at radius 3 is 2.62 bits per heavy atom. The quantitative estimate of drug-likeness (QED) is 0.658. The third kappa shape index (κ3) is 3.60. The lowest BCUT2D eigenvalue weighted by Crippen LogP contribution is -2.45. The maximum atomic E-state index is 13.5. The van der Waals surface area contributed by atoms with Gasteiger partial charge in [0.1, 0.15) is 12.0 Å². The highest BCUT2D eigenvalue weighted by Crippen LogP contribution is 2.40. The molecule has 0 saturated carbocycles. The third-order valence-corrected chi connectivity index (χ3v) is 6.23. The van der Waals surface area contributed by atoms with Crippen LogP contribution in [0.15, 0.2) is 60.9 Å². The summed E-state index contributed by atoms with van der Waals surface area (Å²) in [5.74, 6) is -0.341. The molecule has 5 rings (SSSR count). The molecule has 0 bridgehead atoms. The van der Waals surface area contributed by atoms with Crippen LogP contribution in [0.2, 0.25) is 0 Å². The van der Waals surface area contributed by atoms with E-state index in [9.17, 15) is 9.18 Å². The number of halogens is 1. The average Bonchev–Trinajstić information content (AvgIpc) is 3.21. The topological polar surface area (TPSA) is 84.1 Å². The summed E-state index contributed by atoms with van der Waals surface area (Å²) in [5.41, 5.74) is 11.2. The molecule has 6 nitrogen and oxygen atoms in total. The lowest BCUT2D eigenvalue weighted by Gasteiger charge is -2.37. The molecular formula is C25H24FN5O. The number of carbonyl (C=O) groups excluding carboxylic acids is 1. The lowest BCUT2D eigenvalue weighted by molar-refractivity contribution is 0.100. The molecule has 0 radical (unpaired) electrons. The van der Waals surface area contributed by atoms with Gasteiger partial charge in [-0.05, 0) is 55.2 Å². The van der Waals surface area contributed by atoms with Crippen LogP contribution in [0, 0.1) is 11.7 Å². The van der Waals surface area contributed by atoms with Crippen LogP contribution in [0.1, 0.15) is 41.4 Å². The van der Waals surface area contributed by atoms with E-state index in [-0.39, 0.29) is 12.0 Å². The molecule has 2 aromatic heterocycles. The number of hydrogen-bond donors (Lipinski definition) is 2. The summed E-state index contributed by atoms with van der Waals surface area (Å²) in [6, 6.07) is 14.3. The highest BCUT2D eigenvalue weighted by atomic mass is 19.1. The second kappa shape index (κ2) is 8.07. The predicted octanol–water partition coefficient (Wildman–Crippen LogP) is 3.87. The van der Waals surface area contributed by atoms with Gasteiger partial charge in [0, 0.05) is 29.4 Å². The van der Waals surface area contributed by atoms with Crippen molar-refractivity contribution in [2.75, 3.05) is 6.54 Å². The number of rotatable bonds is 4. The summed E-state index contributed by atoms with van der Waals surface area (Å²) in [6.45, 7) is 3.19. The minimum absolute atomic E-state index is 0.173. The second-order valence-corrected chi connectivity index (χ2v) is 8.36. The molecule has 1 aromatic carbocycles. The molecule has 32 heavy (non-hydrogen) atoms. The van der Waals surface area contributed by atoms with Gasteiger partial charge in [-0.1, -0.05) is 19.1 Å². The van der Waals surface area contributed by atoms with Crippen LogP contribution in [-0.4, -0.2) is 33.5 Å². The molecule has 1 saturated heterocycles. The van der Waals surface area contributed by atoms with Gasteiger partial charge >= 0.3 is 0 Å². The fraction of sp³-hybridized carbons (Fsp3) is 0.240. The number of piperidine rings is 1. The monoisotopic (exact) mass is 429 g/mol. The minimum Gasteiger partial charge on any atom is -0.366 e. The van der Waals surface area contributed by atoms with E-state index in [4.69, 9.17) is 5.73 Å². The van der Waals surface area contributed by atoms with Crippen molar-refractivity contribution in [2.45, 2.75) is 25.9 Å². The van der Waals surface area contributed by atoms with E-state index in [1.807, 2.05) is 24.3 Å². The van der Waals surface area contributed by atoms with Crippen LogP contribution in [0.3, 0.4) is 0 Å². The van der Waals surface area contributed by atoms with Crippen molar-refractivity contribution in [3.05, 3.63) is 83.6 Å². The molecular weight excluding hydrogens is 405 g/mol. The van der Waals surface area contributed by atoms with Crippen LogP contribution < -0.4 is 11.1 Å². The smallest absolute Gasteiger partial charge is 0.248 e. The Kier molecular flexibility index (Phi) is 5.09. The van der Waals surface area contributed by atoms with E-state index in [0.29, 0.717) is 17.2 Å². The van der Waals surface area contributed by atoms with Gasteiger partial charge in [0.15, 0.2) is 0 Å². The molecule has 2 aliphatic rings. The Hall–Kier alpha value is -3.74. The lowest BCUT2D eigenvalue weighted by atomic mass is 9.96. The summed E-state index contributed by atoms with van der Waals surface area (Å²) in [5, 5.41) is 3.65. The molecule has 0 aliphatic carbocycles. The summed E-state index contributed by atoms with van der Waals surface area (Å²) < 4.78 is 13.5. The first-order valence-corrected chi connectivity index (χ1v) is 10.8. The number of nitrogens with one attached hydrogen (secondary N) is 1. The Morgan fingerprint density at radius 2 is 1.91 bits per heavy atom. The second-order valence-electron chi connectivity index (χ2n) is 8.36. The SMILES string of the molecule is C[C@H]1CCCN2C(c3ccnc(-c4ccc(C(N)=O)cc4)c3)=C(c3ccc(F)cn3)NC12. The molecule has 2 aliphatic heterocycles. The highest BCUT2D eigenvalue weighted by Gasteiger charge is 2.38. The number of nitrogens with zero attached hydrogens (tertiary/aromatic N) is 3. The normalized spacial score (nSPS) is 20.1. The van der Waals surface area contributed by atoms with E-state index >= 15 is 0 Å². The van der Waals surface area contributed by atoms with E-state index in [1.165, 1.54) is 12.3 Å². The van der Waals surface area contributed by atoms with E-state index in [2.05, 4.69) is 27.1 Å². The van der Waals surface area contributed by atoms with Gasteiger partial charge in [0.2, 0.25) is 5.91 Å². The van der Waals surface area contributed by atoms with E-state index in [0.717, 1.165) is 47.6 Å². The zero-order valence-corrected chi connectivity index (χ0v) is 17.8. The van der Waals surface area contributed by atoms with Gasteiger partial charge in [0.25, 0.3) is 0 Å². The molecule has 162 valence electrons. The molecule has 1 fully saturated rings. The largest absolute Gasteiger partial charge is 0.366 e. The molecule has 2 atom stereocenters. The fourth-order valence-corrected chi connectivity index (χ4v) is 4.59. The molecule has 1 unspecified atom stereocenters. The Bertz CT molecular complexity index is 1190. The van der Waals surface area contributed by atoms with Crippen LogP contribution >= 0.6 is 0 Å². The maximum Gasteiger partial charge on any atom is 0.248 e. The molecule has 4 heterocycles. The van der Waals surface area contributed by atoms with E-state index < -0.39 is 5.91 Å². The van der Waals surface area contributed by atoms with Crippen molar-refractivity contribution >= 4 is 17.3 Å². The predicted molar refractivity (Wildman–Crippen MR) is 121 cm³/mol. The van der Waals surface area contributed by atoms with Crippen molar-refractivity contribution < 1.29 is 9.18 Å². The number of primary amides is 1. The molecule has 3 N–H and O–H groups in total. The van der Waals surface area contributed by atoms with Gasteiger partial charge in [-0.3, -0.25) is 14.8 Å². The van der Waals surface area contributed by atoms with Crippen LogP contribution in [0.4, 0.5) is 4.39 Å². The third-order valence-electron chi connectivity index (χ3n) is 6.23. The summed E-state index contributed by atoms with van der Waals surface area (Å²) in [4.78, 5) is 22.7. The Labute approximate surface area is 186 Å². The number of pyridine rings is 2. The van der Waals surface area contributed by atoms with Crippen LogP contribution in [-0.2, 0) is 0 Å². The van der Waals surface area contributed by atoms with Crippen molar-refractivity contribution in [3.8, 4) is 11.3 Å². The van der Waals surface area contributed by atoms with E-state index in [1.54, 1.807) is 24.4 Å². The number of carbonyl (C=O) groups is 1. The zero-order chi connectivity index (χ0) is 22.2. The van der Waals surface area contributed by atoms with Crippen LogP contribution in [0.5, 0.6) is 0 Å².